The van der Waals surface area contributed by atoms with Gasteiger partial charge in [-0.05, 0) is 29.8 Å². The van der Waals surface area contributed by atoms with Crippen molar-refractivity contribution in [3.63, 3.8) is 0 Å². The van der Waals surface area contributed by atoms with Gasteiger partial charge < -0.3 is 0 Å². The van der Waals surface area contributed by atoms with Crippen LogP contribution in [-0.2, 0) is 16.8 Å². The average molecular weight is 323 g/mol. The van der Waals surface area contributed by atoms with Gasteiger partial charge in [0.1, 0.15) is 0 Å². The van der Waals surface area contributed by atoms with Crippen LogP contribution in [0.4, 0.5) is 5.69 Å². The SMILES string of the molecule is O=C1c2ccccc2NS(=O)(=O)N1Cc1ccc(Cl)cc1. The molecule has 0 unspecified atom stereocenters. The highest BCUT2D eigenvalue weighted by Crippen LogP contribution is 2.27. The Labute approximate surface area is 127 Å². The number of nitrogens with zero attached hydrogens (tertiary/aromatic N) is 1. The number of benzene rings is 2. The van der Waals surface area contributed by atoms with E-state index in [-0.39, 0.29) is 6.54 Å². The van der Waals surface area contributed by atoms with Crippen molar-refractivity contribution in [1.29, 1.82) is 0 Å². The zero-order chi connectivity index (χ0) is 15.0. The number of carbonyl (C=O) groups excluding carboxylic acids is 1. The largest absolute Gasteiger partial charge is 0.326 e. The molecule has 5 nitrogen and oxygen atoms in total. The maximum absolute atomic E-state index is 12.4. The van der Waals surface area contributed by atoms with E-state index in [9.17, 15) is 13.2 Å². The van der Waals surface area contributed by atoms with Crippen LogP contribution in [0.15, 0.2) is 48.5 Å². The summed E-state index contributed by atoms with van der Waals surface area (Å²) in [4.78, 5) is 12.4. The number of carbonyl (C=O) groups is 1. The molecule has 0 bridgehead atoms. The van der Waals surface area contributed by atoms with E-state index < -0.39 is 16.1 Å². The molecular formula is C14H11ClN2O3S. The third-order valence-corrected chi connectivity index (χ3v) is 4.76. The van der Waals surface area contributed by atoms with Gasteiger partial charge in [0, 0.05) is 5.02 Å². The van der Waals surface area contributed by atoms with Crippen LogP contribution in [0.5, 0.6) is 0 Å². The number of halogens is 1. The van der Waals surface area contributed by atoms with Crippen molar-refractivity contribution in [1.82, 2.24) is 4.31 Å². The van der Waals surface area contributed by atoms with Crippen molar-refractivity contribution in [3.8, 4) is 0 Å². The molecule has 0 atom stereocenters. The number of rotatable bonds is 2. The Balaban J connectivity index is 1.98. The molecule has 2 aromatic carbocycles. The number of amides is 1. The lowest BCUT2D eigenvalue weighted by Crippen LogP contribution is -2.44. The Morgan fingerprint density at radius 1 is 1.05 bits per heavy atom. The lowest BCUT2D eigenvalue weighted by molar-refractivity contribution is 0.0853. The molecular weight excluding hydrogens is 312 g/mol. The summed E-state index contributed by atoms with van der Waals surface area (Å²) in [7, 11) is -3.89. The molecule has 2 aromatic rings. The average Bonchev–Trinajstić information content (AvgIpc) is 2.45. The van der Waals surface area contributed by atoms with Crippen LogP contribution in [0.1, 0.15) is 15.9 Å². The first kappa shape index (κ1) is 13.9. The topological polar surface area (TPSA) is 66.5 Å². The first-order chi connectivity index (χ1) is 9.97. The maximum Gasteiger partial charge on any atom is 0.326 e. The number of hydrogen-bond donors (Lipinski definition) is 1. The van der Waals surface area contributed by atoms with Gasteiger partial charge in [-0.1, -0.05) is 35.9 Å². The van der Waals surface area contributed by atoms with Gasteiger partial charge in [0.25, 0.3) is 5.91 Å². The molecule has 1 amide bonds. The van der Waals surface area contributed by atoms with Crippen molar-refractivity contribution in [2.45, 2.75) is 6.54 Å². The summed E-state index contributed by atoms with van der Waals surface area (Å²) >= 11 is 5.79. The minimum Gasteiger partial charge on any atom is -0.268 e. The minimum atomic E-state index is -3.89. The van der Waals surface area contributed by atoms with Crippen LogP contribution < -0.4 is 4.72 Å². The number of para-hydroxylation sites is 1. The third-order valence-electron chi connectivity index (χ3n) is 3.15. The van der Waals surface area contributed by atoms with Crippen LogP contribution >= 0.6 is 11.6 Å². The Hall–Kier alpha value is -2.05. The molecule has 21 heavy (non-hydrogen) atoms. The van der Waals surface area contributed by atoms with Crippen LogP contribution in [0.25, 0.3) is 0 Å². The number of hydrogen-bond acceptors (Lipinski definition) is 3. The van der Waals surface area contributed by atoms with E-state index in [1.165, 1.54) is 0 Å². The van der Waals surface area contributed by atoms with Crippen molar-refractivity contribution >= 4 is 33.4 Å². The summed E-state index contributed by atoms with van der Waals surface area (Å²) in [5.74, 6) is -0.542. The molecule has 1 aliphatic rings. The molecule has 0 spiro atoms. The van der Waals surface area contributed by atoms with Gasteiger partial charge in [0.05, 0.1) is 17.8 Å². The van der Waals surface area contributed by atoms with Crippen LogP contribution in [-0.4, -0.2) is 18.6 Å². The summed E-state index contributed by atoms with van der Waals surface area (Å²) in [6, 6.07) is 13.2. The Morgan fingerprint density at radius 3 is 2.43 bits per heavy atom. The van der Waals surface area contributed by atoms with E-state index >= 15 is 0 Å². The summed E-state index contributed by atoms with van der Waals surface area (Å²) in [6.45, 7) is -0.0420. The number of nitrogens with one attached hydrogen (secondary N) is 1. The second-order valence-electron chi connectivity index (χ2n) is 4.59. The molecule has 0 aliphatic carbocycles. The second-order valence-corrected chi connectivity index (χ2v) is 6.62. The van der Waals surface area contributed by atoms with Gasteiger partial charge in [-0.25, -0.2) is 4.31 Å². The van der Waals surface area contributed by atoms with Crippen LogP contribution in [0.2, 0.25) is 5.02 Å². The molecule has 0 saturated heterocycles. The van der Waals surface area contributed by atoms with Gasteiger partial charge in [0.15, 0.2) is 0 Å². The van der Waals surface area contributed by atoms with Gasteiger partial charge in [-0.2, -0.15) is 8.42 Å². The summed E-state index contributed by atoms with van der Waals surface area (Å²) in [5.41, 5.74) is 1.31. The summed E-state index contributed by atoms with van der Waals surface area (Å²) in [6.07, 6.45) is 0. The van der Waals surface area contributed by atoms with Crippen molar-refractivity contribution in [2.75, 3.05) is 4.72 Å². The highest BCUT2D eigenvalue weighted by molar-refractivity contribution is 7.91. The standard InChI is InChI=1S/C14H11ClN2O3S/c15-11-7-5-10(6-8-11)9-17-14(18)12-3-1-2-4-13(12)16-21(17,19)20/h1-8,16H,9H2. The second kappa shape index (κ2) is 5.05. The van der Waals surface area contributed by atoms with Gasteiger partial charge in [-0.3, -0.25) is 9.52 Å². The molecule has 0 radical (unpaired) electrons. The Kier molecular flexibility index (Phi) is 3.35. The highest BCUT2D eigenvalue weighted by Gasteiger charge is 2.35. The minimum absolute atomic E-state index is 0.0420. The van der Waals surface area contributed by atoms with E-state index in [0.29, 0.717) is 21.8 Å². The highest BCUT2D eigenvalue weighted by atomic mass is 35.5. The fourth-order valence-corrected chi connectivity index (χ4v) is 3.44. The van der Waals surface area contributed by atoms with E-state index in [2.05, 4.69) is 4.72 Å². The number of fused-ring (bicyclic) bond motifs is 1. The molecule has 3 rings (SSSR count). The lowest BCUT2D eigenvalue weighted by atomic mass is 10.1. The molecule has 0 aromatic heterocycles. The Morgan fingerprint density at radius 2 is 1.71 bits per heavy atom. The van der Waals surface area contributed by atoms with E-state index in [1.54, 1.807) is 48.5 Å². The first-order valence-corrected chi connectivity index (χ1v) is 7.97. The molecule has 0 saturated carbocycles. The van der Waals surface area contributed by atoms with Crippen molar-refractivity contribution in [2.24, 2.45) is 0 Å². The predicted molar refractivity (Wildman–Crippen MR) is 80.3 cm³/mol. The molecule has 0 fully saturated rings. The van der Waals surface area contributed by atoms with Crippen LogP contribution in [0.3, 0.4) is 0 Å². The third kappa shape index (κ3) is 2.59. The van der Waals surface area contributed by atoms with Crippen molar-refractivity contribution < 1.29 is 13.2 Å². The quantitative estimate of drug-likeness (QED) is 0.924. The number of anilines is 1. The summed E-state index contributed by atoms with van der Waals surface area (Å²) in [5, 5.41) is 0.551. The molecule has 1 N–H and O–H groups in total. The monoisotopic (exact) mass is 322 g/mol. The van der Waals surface area contributed by atoms with E-state index in [1.807, 2.05) is 0 Å². The molecule has 1 heterocycles. The normalized spacial score (nSPS) is 16.2. The van der Waals surface area contributed by atoms with Crippen molar-refractivity contribution in [3.05, 3.63) is 64.7 Å². The van der Waals surface area contributed by atoms with Crippen LogP contribution in [0, 0.1) is 0 Å². The fraction of sp³-hybridized carbons (Fsp3) is 0.0714. The predicted octanol–water partition coefficient (Wildman–Crippen LogP) is 2.65. The lowest BCUT2D eigenvalue weighted by Gasteiger charge is -2.28. The molecule has 1 aliphatic heterocycles. The first-order valence-electron chi connectivity index (χ1n) is 6.16. The summed E-state index contributed by atoms with van der Waals surface area (Å²) < 4.78 is 27.6. The Bertz CT molecular complexity index is 803. The maximum atomic E-state index is 12.4. The van der Waals surface area contributed by atoms with E-state index in [0.717, 1.165) is 4.31 Å². The van der Waals surface area contributed by atoms with Gasteiger partial charge in [-0.15, -0.1) is 0 Å². The zero-order valence-electron chi connectivity index (χ0n) is 10.8. The molecule has 7 heteroatoms. The van der Waals surface area contributed by atoms with Gasteiger partial charge in [0.2, 0.25) is 0 Å². The van der Waals surface area contributed by atoms with Gasteiger partial charge >= 0.3 is 10.2 Å². The fourth-order valence-electron chi connectivity index (χ4n) is 2.11. The molecule has 108 valence electrons. The smallest absolute Gasteiger partial charge is 0.268 e. The zero-order valence-corrected chi connectivity index (χ0v) is 12.4. The van der Waals surface area contributed by atoms with E-state index in [4.69, 9.17) is 11.6 Å².